The van der Waals surface area contributed by atoms with Crippen LogP contribution in [-0.2, 0) is 34.5 Å². The molecule has 0 aliphatic rings. The molecule has 15 heteroatoms. The first-order valence-corrected chi connectivity index (χ1v) is 13.0. The Bertz CT molecular complexity index is 1270. The van der Waals surface area contributed by atoms with E-state index in [1.54, 1.807) is 6.92 Å². The number of nitrogens with one attached hydrogen (secondary N) is 1. The van der Waals surface area contributed by atoms with Crippen LogP contribution < -0.4 is 5.32 Å². The van der Waals surface area contributed by atoms with Crippen LogP contribution in [0.5, 0.6) is 0 Å². The molecule has 0 aliphatic carbocycles. The molecule has 0 unspecified atom stereocenters. The molecule has 12 nitrogen and oxygen atoms in total. The van der Waals surface area contributed by atoms with Crippen LogP contribution in [0.25, 0.3) is 0 Å². The summed E-state index contributed by atoms with van der Waals surface area (Å²) >= 11 is 0. The van der Waals surface area contributed by atoms with E-state index in [2.05, 4.69) is 19.7 Å². The molecular formula is C16H19N3O9S3. The van der Waals surface area contributed by atoms with Crippen LogP contribution in [0, 0.1) is 0 Å². The number of benzene rings is 2. The van der Waals surface area contributed by atoms with Gasteiger partial charge in [0.1, 0.15) is 4.90 Å². The standard InChI is InChI=1S/C16H19N3O9S3/c1-2-17-15-8-5-13(11-16(15)30(22,23)24)19-18-12-3-6-14(7-4-12)29(20,21)10-9-28-31(25,26)27/h3-8,11,17H,2,9-10H2,1H3,(H,22,23,24)(H,25,26,27). The number of nitrogens with zero attached hydrogens (tertiary/aromatic N) is 2. The third-order valence-corrected chi connectivity index (χ3v) is 6.72. The lowest BCUT2D eigenvalue weighted by Gasteiger charge is -2.08. The van der Waals surface area contributed by atoms with Crippen molar-refractivity contribution >= 4 is 47.4 Å². The molecule has 2 rings (SSSR count). The first-order chi connectivity index (χ1) is 14.3. The molecule has 2 aromatic carbocycles. The number of hydrogen-bond donors (Lipinski definition) is 3. The zero-order valence-electron chi connectivity index (χ0n) is 16.0. The molecule has 31 heavy (non-hydrogen) atoms. The lowest BCUT2D eigenvalue weighted by atomic mass is 10.3. The van der Waals surface area contributed by atoms with Crippen molar-refractivity contribution in [3.05, 3.63) is 42.5 Å². The highest BCUT2D eigenvalue weighted by molar-refractivity contribution is 7.91. The van der Waals surface area contributed by atoms with Gasteiger partial charge in [-0.05, 0) is 49.4 Å². The van der Waals surface area contributed by atoms with Crippen molar-refractivity contribution in [3.63, 3.8) is 0 Å². The van der Waals surface area contributed by atoms with Crippen molar-refractivity contribution in [1.82, 2.24) is 0 Å². The summed E-state index contributed by atoms with van der Waals surface area (Å²) in [5, 5.41) is 10.6. The summed E-state index contributed by atoms with van der Waals surface area (Å²) in [7, 11) is -13.1. The first-order valence-electron chi connectivity index (χ1n) is 8.53. The number of azo groups is 1. The summed E-state index contributed by atoms with van der Waals surface area (Å²) in [6.07, 6.45) is 0. The summed E-state index contributed by atoms with van der Waals surface area (Å²) in [6, 6.07) is 9.12. The predicted octanol–water partition coefficient (Wildman–Crippen LogP) is 2.37. The molecule has 170 valence electrons. The smallest absolute Gasteiger partial charge is 0.384 e. The number of hydrogen-bond acceptors (Lipinski definition) is 10. The molecule has 0 fully saturated rings. The SMILES string of the molecule is CCNc1ccc(N=Nc2ccc(S(=O)(=O)CCOS(=O)(=O)O)cc2)cc1S(=O)(=O)O. The van der Waals surface area contributed by atoms with Gasteiger partial charge >= 0.3 is 10.4 Å². The van der Waals surface area contributed by atoms with Crippen LogP contribution in [0.3, 0.4) is 0 Å². The summed E-state index contributed by atoms with van der Waals surface area (Å²) in [4.78, 5) is -0.492. The molecule has 0 bridgehead atoms. The maximum absolute atomic E-state index is 12.1. The summed E-state index contributed by atoms with van der Waals surface area (Å²) in [5.41, 5.74) is 0.585. The van der Waals surface area contributed by atoms with E-state index in [4.69, 9.17) is 4.55 Å². The molecule has 3 N–H and O–H groups in total. The zero-order valence-corrected chi connectivity index (χ0v) is 18.5. The fourth-order valence-electron chi connectivity index (χ4n) is 2.33. The molecular weight excluding hydrogens is 474 g/mol. The van der Waals surface area contributed by atoms with Crippen LogP contribution >= 0.6 is 0 Å². The maximum Gasteiger partial charge on any atom is 0.397 e. The quantitative estimate of drug-likeness (QED) is 0.327. The van der Waals surface area contributed by atoms with Crippen molar-refractivity contribution in [2.75, 3.05) is 24.2 Å². The maximum atomic E-state index is 12.1. The average molecular weight is 494 g/mol. The van der Waals surface area contributed by atoms with E-state index >= 15 is 0 Å². The van der Waals surface area contributed by atoms with Gasteiger partial charge in [0.05, 0.1) is 34.3 Å². The second-order valence-corrected chi connectivity index (χ2v) is 10.5. The molecule has 2 aromatic rings. The molecule has 0 amide bonds. The second-order valence-electron chi connectivity index (χ2n) is 5.95. The second kappa shape index (κ2) is 9.80. The van der Waals surface area contributed by atoms with Crippen molar-refractivity contribution in [3.8, 4) is 0 Å². The van der Waals surface area contributed by atoms with Gasteiger partial charge < -0.3 is 5.32 Å². The van der Waals surface area contributed by atoms with Crippen LogP contribution in [0.2, 0.25) is 0 Å². The number of sulfone groups is 1. The Kier molecular flexibility index (Phi) is 7.85. The Morgan fingerprint density at radius 2 is 1.48 bits per heavy atom. The van der Waals surface area contributed by atoms with E-state index in [-0.39, 0.29) is 26.9 Å². The molecule has 0 heterocycles. The molecule has 0 saturated carbocycles. The van der Waals surface area contributed by atoms with Crippen LogP contribution in [0.1, 0.15) is 6.92 Å². The van der Waals surface area contributed by atoms with Gasteiger partial charge in [-0.3, -0.25) is 9.11 Å². The zero-order chi connectivity index (χ0) is 23.3. The number of rotatable bonds is 10. The van der Waals surface area contributed by atoms with E-state index in [1.165, 1.54) is 36.4 Å². The van der Waals surface area contributed by atoms with Gasteiger partial charge in [0.25, 0.3) is 10.1 Å². The van der Waals surface area contributed by atoms with E-state index in [9.17, 15) is 29.8 Å². The highest BCUT2D eigenvalue weighted by Crippen LogP contribution is 2.28. The predicted molar refractivity (Wildman–Crippen MR) is 111 cm³/mol. The van der Waals surface area contributed by atoms with Gasteiger partial charge in [0.2, 0.25) is 0 Å². The number of anilines is 1. The Balaban J connectivity index is 2.17. The van der Waals surface area contributed by atoms with Gasteiger partial charge in [0.15, 0.2) is 9.84 Å². The Morgan fingerprint density at radius 1 is 0.903 bits per heavy atom. The van der Waals surface area contributed by atoms with E-state index in [0.29, 0.717) is 6.54 Å². The lowest BCUT2D eigenvalue weighted by Crippen LogP contribution is -2.15. The topological polar surface area (TPSA) is 189 Å². The average Bonchev–Trinajstić information content (AvgIpc) is 2.65. The molecule has 0 radical (unpaired) electrons. The van der Waals surface area contributed by atoms with E-state index in [0.717, 1.165) is 6.07 Å². The molecule has 0 aliphatic heterocycles. The minimum atomic E-state index is -4.74. The van der Waals surface area contributed by atoms with Crippen LogP contribution in [0.4, 0.5) is 17.1 Å². The molecule has 0 aromatic heterocycles. The third kappa shape index (κ3) is 7.64. The van der Waals surface area contributed by atoms with Crippen molar-refractivity contribution in [2.24, 2.45) is 10.2 Å². The van der Waals surface area contributed by atoms with Gasteiger partial charge in [-0.2, -0.15) is 27.1 Å². The first kappa shape index (κ1) is 24.8. The normalized spacial score (nSPS) is 12.9. The molecule has 0 saturated heterocycles. The minimum Gasteiger partial charge on any atom is -0.384 e. The minimum absolute atomic E-state index is 0.131. The molecule has 0 atom stereocenters. The highest BCUT2D eigenvalue weighted by Gasteiger charge is 2.17. The van der Waals surface area contributed by atoms with Crippen LogP contribution in [-0.4, -0.2) is 53.3 Å². The Hall–Kier alpha value is -2.43. The highest BCUT2D eigenvalue weighted by atomic mass is 32.3. The lowest BCUT2D eigenvalue weighted by molar-refractivity contribution is 0.284. The fourth-order valence-corrected chi connectivity index (χ4v) is 4.50. The summed E-state index contributed by atoms with van der Waals surface area (Å²) < 4.78 is 90.1. The Morgan fingerprint density at radius 3 is 2.03 bits per heavy atom. The monoisotopic (exact) mass is 493 g/mol. The van der Waals surface area contributed by atoms with Gasteiger partial charge in [-0.1, -0.05) is 0 Å². The Labute approximate surface area is 179 Å². The van der Waals surface area contributed by atoms with Gasteiger partial charge in [-0.25, -0.2) is 12.6 Å². The van der Waals surface area contributed by atoms with Gasteiger partial charge in [0, 0.05) is 6.54 Å². The van der Waals surface area contributed by atoms with Crippen molar-refractivity contribution in [1.29, 1.82) is 0 Å². The van der Waals surface area contributed by atoms with Crippen molar-refractivity contribution < 1.29 is 38.5 Å². The van der Waals surface area contributed by atoms with Crippen LogP contribution in [0.15, 0.2) is 62.5 Å². The van der Waals surface area contributed by atoms with E-state index in [1.807, 2.05) is 0 Å². The third-order valence-electron chi connectivity index (χ3n) is 3.67. The molecule has 0 spiro atoms. The summed E-state index contributed by atoms with van der Waals surface area (Å²) in [5.74, 6) is -0.676. The van der Waals surface area contributed by atoms with Gasteiger partial charge in [-0.15, -0.1) is 0 Å². The summed E-state index contributed by atoms with van der Waals surface area (Å²) in [6.45, 7) is 1.44. The fraction of sp³-hybridized carbons (Fsp3) is 0.250. The van der Waals surface area contributed by atoms with E-state index < -0.39 is 42.7 Å². The largest absolute Gasteiger partial charge is 0.397 e. The van der Waals surface area contributed by atoms with Crippen molar-refractivity contribution in [2.45, 2.75) is 16.7 Å².